The molecule has 0 radical (unpaired) electrons. The molecule has 7 nitrogen and oxygen atoms in total. The third-order valence-corrected chi connectivity index (χ3v) is 6.31. The molecule has 2 fully saturated rings. The molecule has 1 saturated carbocycles. The topological polar surface area (TPSA) is 88.5 Å². The van der Waals surface area contributed by atoms with E-state index in [0.717, 1.165) is 50.3 Å². The molecule has 8 heteroatoms. The Morgan fingerprint density at radius 3 is 2.85 bits per heavy atom. The van der Waals surface area contributed by atoms with Crippen molar-refractivity contribution >= 4 is 17.2 Å². The maximum absolute atomic E-state index is 12.5. The minimum atomic E-state index is 0.204. The van der Waals surface area contributed by atoms with Crippen LogP contribution in [0.25, 0.3) is 10.7 Å². The minimum Gasteiger partial charge on any atom is -0.340 e. The number of thiophene rings is 1. The van der Waals surface area contributed by atoms with Gasteiger partial charge in [-0.1, -0.05) is 17.6 Å². The van der Waals surface area contributed by atoms with Crippen molar-refractivity contribution in [3.8, 4) is 10.7 Å². The molecule has 1 aliphatic carbocycles. The number of carbonyl (C=O) groups is 1. The number of nitrogens with two attached hydrogens (primary N) is 1. The summed E-state index contributed by atoms with van der Waals surface area (Å²) in [4.78, 5) is 22.2. The summed E-state index contributed by atoms with van der Waals surface area (Å²) in [5.41, 5.74) is 6.10. The van der Waals surface area contributed by atoms with Gasteiger partial charge in [0.15, 0.2) is 0 Å². The molecule has 4 rings (SSSR count). The van der Waals surface area contributed by atoms with Crippen molar-refractivity contribution in [1.29, 1.82) is 0 Å². The predicted molar refractivity (Wildman–Crippen MR) is 99.4 cm³/mol. The van der Waals surface area contributed by atoms with Gasteiger partial charge in [0.1, 0.15) is 0 Å². The van der Waals surface area contributed by atoms with Gasteiger partial charge in [0, 0.05) is 38.6 Å². The normalized spacial score (nSPS) is 24.3. The van der Waals surface area contributed by atoms with Gasteiger partial charge in [-0.25, -0.2) is 0 Å². The Labute approximate surface area is 157 Å². The van der Waals surface area contributed by atoms with Crippen molar-refractivity contribution in [3.63, 3.8) is 0 Å². The molecule has 3 heterocycles. The minimum absolute atomic E-state index is 0.204. The van der Waals surface area contributed by atoms with Gasteiger partial charge in [-0.05, 0) is 30.2 Å². The van der Waals surface area contributed by atoms with Crippen LogP contribution in [-0.4, -0.2) is 58.1 Å². The molecule has 140 valence electrons. The summed E-state index contributed by atoms with van der Waals surface area (Å²) in [6, 6.07) is 4.17. The third kappa shape index (κ3) is 3.97. The van der Waals surface area contributed by atoms with E-state index in [1.807, 2.05) is 22.4 Å². The summed E-state index contributed by atoms with van der Waals surface area (Å²) < 4.78 is 5.38. The fraction of sp³-hybridized carbons (Fsp3) is 0.611. The van der Waals surface area contributed by atoms with Gasteiger partial charge in [0.05, 0.1) is 11.4 Å². The lowest BCUT2D eigenvalue weighted by atomic mass is 9.99. The molecule has 1 aliphatic heterocycles. The van der Waals surface area contributed by atoms with Gasteiger partial charge in [0.25, 0.3) is 0 Å². The maximum atomic E-state index is 12.5. The smallest absolute Gasteiger partial charge is 0.241 e. The van der Waals surface area contributed by atoms with Crippen LogP contribution in [0.1, 0.15) is 31.6 Å². The zero-order valence-electron chi connectivity index (χ0n) is 14.8. The first-order valence-electron chi connectivity index (χ1n) is 9.31. The third-order valence-electron chi connectivity index (χ3n) is 5.45. The molecule has 0 bridgehead atoms. The van der Waals surface area contributed by atoms with Crippen LogP contribution in [0.3, 0.4) is 0 Å². The number of nitrogens with zero attached hydrogens (tertiary/aromatic N) is 4. The summed E-state index contributed by atoms with van der Waals surface area (Å²) in [5.74, 6) is 1.90. The van der Waals surface area contributed by atoms with Crippen LogP contribution in [0.15, 0.2) is 22.0 Å². The lowest BCUT2D eigenvalue weighted by Gasteiger charge is -2.34. The highest BCUT2D eigenvalue weighted by molar-refractivity contribution is 7.13. The fourth-order valence-electron chi connectivity index (χ4n) is 3.84. The summed E-state index contributed by atoms with van der Waals surface area (Å²) in [6.07, 6.45) is 3.92. The van der Waals surface area contributed by atoms with Crippen molar-refractivity contribution in [2.45, 2.75) is 38.3 Å². The Balaban J connectivity index is 1.25. The van der Waals surface area contributed by atoms with E-state index in [0.29, 0.717) is 30.6 Å². The lowest BCUT2D eigenvalue weighted by Crippen LogP contribution is -2.49. The van der Waals surface area contributed by atoms with E-state index in [1.54, 1.807) is 11.3 Å². The van der Waals surface area contributed by atoms with Crippen LogP contribution >= 0.6 is 11.3 Å². The quantitative estimate of drug-likeness (QED) is 0.859. The molecule has 1 amide bonds. The number of rotatable bonds is 5. The highest BCUT2D eigenvalue weighted by Crippen LogP contribution is 2.27. The number of aromatic nitrogens is 2. The molecule has 2 atom stereocenters. The maximum Gasteiger partial charge on any atom is 0.241 e. The molecular formula is C18H25N5O2S. The number of amides is 1. The standard InChI is InChI=1S/C18H25N5O2S/c19-14-4-1-3-13(14)11-17(24)23-8-6-22(7-9-23)12-16-20-18(21-25-16)15-5-2-10-26-15/h2,5,10,13-14H,1,3-4,6-9,11-12,19H2/t13-,14+/m0/s1. The Kier molecular flexibility index (Phi) is 5.33. The number of carbonyl (C=O) groups excluding carboxylic acids is 1. The molecule has 0 aromatic carbocycles. The van der Waals surface area contributed by atoms with Gasteiger partial charge in [-0.3, -0.25) is 9.69 Å². The lowest BCUT2D eigenvalue weighted by molar-refractivity contribution is -0.134. The van der Waals surface area contributed by atoms with Crippen molar-refractivity contribution in [2.24, 2.45) is 11.7 Å². The average Bonchev–Trinajstić information content (AvgIpc) is 3.38. The van der Waals surface area contributed by atoms with Crippen molar-refractivity contribution < 1.29 is 9.32 Å². The fourth-order valence-corrected chi connectivity index (χ4v) is 4.49. The second-order valence-electron chi connectivity index (χ2n) is 7.20. The van der Waals surface area contributed by atoms with Gasteiger partial charge < -0.3 is 15.2 Å². The van der Waals surface area contributed by atoms with E-state index in [2.05, 4.69) is 15.0 Å². The molecular weight excluding hydrogens is 350 g/mol. The van der Waals surface area contributed by atoms with E-state index in [-0.39, 0.29) is 11.9 Å². The van der Waals surface area contributed by atoms with E-state index >= 15 is 0 Å². The van der Waals surface area contributed by atoms with Crippen molar-refractivity contribution in [3.05, 3.63) is 23.4 Å². The van der Waals surface area contributed by atoms with E-state index < -0.39 is 0 Å². The molecule has 0 spiro atoms. The Bertz CT molecular complexity index is 724. The first kappa shape index (κ1) is 17.6. The SMILES string of the molecule is N[C@@H]1CCC[C@H]1CC(=O)N1CCN(Cc2nc(-c3cccs3)no2)CC1. The number of hydrogen-bond acceptors (Lipinski definition) is 7. The number of piperazine rings is 1. The van der Waals surface area contributed by atoms with Gasteiger partial charge in [0.2, 0.25) is 17.6 Å². The van der Waals surface area contributed by atoms with Gasteiger partial charge >= 0.3 is 0 Å². The van der Waals surface area contributed by atoms with E-state index in [1.165, 1.54) is 0 Å². The van der Waals surface area contributed by atoms with Crippen LogP contribution < -0.4 is 5.73 Å². The molecule has 2 aromatic rings. The van der Waals surface area contributed by atoms with E-state index in [4.69, 9.17) is 10.3 Å². The van der Waals surface area contributed by atoms with Crippen LogP contribution in [0.4, 0.5) is 0 Å². The summed E-state index contributed by atoms with van der Waals surface area (Å²) in [5, 5.41) is 6.05. The van der Waals surface area contributed by atoms with Gasteiger partial charge in [-0.15, -0.1) is 11.3 Å². The second kappa shape index (κ2) is 7.85. The first-order valence-corrected chi connectivity index (χ1v) is 10.2. The Morgan fingerprint density at radius 2 is 2.15 bits per heavy atom. The van der Waals surface area contributed by atoms with Crippen LogP contribution in [0.2, 0.25) is 0 Å². The Hall–Kier alpha value is -1.77. The van der Waals surface area contributed by atoms with Gasteiger partial charge in [-0.2, -0.15) is 4.98 Å². The molecule has 26 heavy (non-hydrogen) atoms. The average molecular weight is 375 g/mol. The highest BCUT2D eigenvalue weighted by Gasteiger charge is 2.29. The Morgan fingerprint density at radius 1 is 1.31 bits per heavy atom. The van der Waals surface area contributed by atoms with Crippen molar-refractivity contribution in [2.75, 3.05) is 26.2 Å². The zero-order chi connectivity index (χ0) is 17.9. The largest absolute Gasteiger partial charge is 0.340 e. The summed E-state index contributed by atoms with van der Waals surface area (Å²) in [6.45, 7) is 3.81. The van der Waals surface area contributed by atoms with Crippen molar-refractivity contribution in [1.82, 2.24) is 19.9 Å². The summed E-state index contributed by atoms with van der Waals surface area (Å²) >= 11 is 1.60. The predicted octanol–water partition coefficient (Wildman–Crippen LogP) is 1.96. The molecule has 0 unspecified atom stereocenters. The summed E-state index contributed by atoms with van der Waals surface area (Å²) in [7, 11) is 0. The monoisotopic (exact) mass is 375 g/mol. The molecule has 2 aliphatic rings. The molecule has 1 saturated heterocycles. The number of hydrogen-bond donors (Lipinski definition) is 1. The molecule has 2 N–H and O–H groups in total. The molecule has 2 aromatic heterocycles. The van der Waals surface area contributed by atoms with Crippen LogP contribution in [0, 0.1) is 5.92 Å². The van der Waals surface area contributed by atoms with Crippen LogP contribution in [0.5, 0.6) is 0 Å². The highest BCUT2D eigenvalue weighted by atomic mass is 32.1. The second-order valence-corrected chi connectivity index (χ2v) is 8.15. The van der Waals surface area contributed by atoms with Crippen LogP contribution in [-0.2, 0) is 11.3 Å². The first-order chi connectivity index (χ1) is 12.7. The van der Waals surface area contributed by atoms with E-state index in [9.17, 15) is 4.79 Å². The zero-order valence-corrected chi connectivity index (χ0v) is 15.7.